The summed E-state index contributed by atoms with van der Waals surface area (Å²) in [6.07, 6.45) is -7.76. The van der Waals surface area contributed by atoms with Gasteiger partial charge in [0.1, 0.15) is 22.8 Å². The van der Waals surface area contributed by atoms with Gasteiger partial charge in [0.05, 0.1) is 5.69 Å². The summed E-state index contributed by atoms with van der Waals surface area (Å²) >= 11 is 0. The molecule has 1 aromatic carbocycles. The third kappa shape index (κ3) is 5.81. The quantitative estimate of drug-likeness (QED) is 0.282. The number of halogens is 7. The number of hydrogen-bond donors (Lipinski definition) is 2. The summed E-state index contributed by atoms with van der Waals surface area (Å²) in [5.41, 5.74) is -8.96. The Labute approximate surface area is 245 Å². The van der Waals surface area contributed by atoms with E-state index in [-0.39, 0.29) is 18.5 Å². The van der Waals surface area contributed by atoms with Crippen LogP contribution in [0, 0.1) is 5.82 Å². The van der Waals surface area contributed by atoms with Crippen LogP contribution in [0.25, 0.3) is 17.7 Å². The van der Waals surface area contributed by atoms with Gasteiger partial charge in [-0.05, 0) is 63.8 Å². The van der Waals surface area contributed by atoms with Gasteiger partial charge in [-0.25, -0.2) is 14.2 Å². The maximum atomic E-state index is 14.9. The molecule has 0 saturated carbocycles. The molecule has 0 radical (unpaired) electrons. The summed E-state index contributed by atoms with van der Waals surface area (Å²) in [5.74, 6) is -4.43. The maximum absolute atomic E-state index is 14.9. The fourth-order valence-corrected chi connectivity index (χ4v) is 5.10. The molecule has 44 heavy (non-hydrogen) atoms. The lowest BCUT2D eigenvalue weighted by atomic mass is 9.90. The Hall–Kier alpha value is -4.21. The van der Waals surface area contributed by atoms with E-state index >= 15 is 0 Å². The van der Waals surface area contributed by atoms with Gasteiger partial charge in [-0.15, -0.1) is 10.2 Å². The van der Waals surface area contributed by atoms with Crippen molar-refractivity contribution in [3.05, 3.63) is 58.7 Å². The molecule has 2 aliphatic rings. The molecule has 0 aliphatic carbocycles. The van der Waals surface area contributed by atoms with E-state index in [2.05, 4.69) is 20.5 Å². The fourth-order valence-electron chi connectivity index (χ4n) is 5.10. The average molecular weight is 630 g/mol. The third-order valence-corrected chi connectivity index (χ3v) is 7.04. The molecule has 9 nitrogen and oxygen atoms in total. The number of pyridine rings is 1. The number of ether oxygens (including phenoxy) is 1. The Morgan fingerprint density at radius 1 is 1.14 bits per heavy atom. The zero-order valence-corrected chi connectivity index (χ0v) is 23.5. The van der Waals surface area contributed by atoms with E-state index in [4.69, 9.17) is 9.15 Å². The number of aliphatic hydroxyl groups is 1. The Bertz CT molecular complexity index is 1610. The molecule has 16 heteroatoms. The van der Waals surface area contributed by atoms with E-state index in [1.165, 1.54) is 43.9 Å². The highest BCUT2D eigenvalue weighted by atomic mass is 19.4. The Balaban J connectivity index is 1.80. The SMILES string of the molecule is CC(C)(C)OC(=O)Nc1cc(C(F)(F)F)c2nc1-c1nnc(o1)[C@@](O)(C(F)(F)F)c1cc(ccc1F)/C=C\C[C@@H]1CCCN21. The number of carbonyl (C=O) groups is 1. The highest BCUT2D eigenvalue weighted by Crippen LogP contribution is 2.47. The summed E-state index contributed by atoms with van der Waals surface area (Å²) in [4.78, 5) is 18.1. The van der Waals surface area contributed by atoms with Gasteiger partial charge in [0.25, 0.3) is 17.4 Å². The Morgan fingerprint density at radius 2 is 1.86 bits per heavy atom. The first-order chi connectivity index (χ1) is 20.4. The minimum Gasteiger partial charge on any atom is -0.444 e. The molecular formula is C28H26F7N5O4. The van der Waals surface area contributed by atoms with Crippen LogP contribution in [0.5, 0.6) is 0 Å². The molecule has 0 unspecified atom stereocenters. The zero-order valence-electron chi connectivity index (χ0n) is 23.5. The average Bonchev–Trinajstić information content (AvgIpc) is 3.56. The molecular weight excluding hydrogens is 603 g/mol. The molecule has 6 bridgehead atoms. The summed E-state index contributed by atoms with van der Waals surface area (Å²) in [5, 5.41) is 20.0. The van der Waals surface area contributed by atoms with Crippen LogP contribution in [0.2, 0.25) is 0 Å². The topological polar surface area (TPSA) is 114 Å². The first-order valence-corrected chi connectivity index (χ1v) is 13.4. The number of benzene rings is 1. The van der Waals surface area contributed by atoms with Gasteiger partial charge in [-0.3, -0.25) is 5.32 Å². The number of amides is 1. The van der Waals surface area contributed by atoms with Crippen LogP contribution in [0.1, 0.15) is 62.6 Å². The Kier molecular flexibility index (Phi) is 7.63. The highest BCUT2D eigenvalue weighted by Gasteiger charge is 2.61. The van der Waals surface area contributed by atoms with E-state index in [9.17, 15) is 40.6 Å². The molecule has 1 amide bonds. The second-order valence-corrected chi connectivity index (χ2v) is 11.4. The van der Waals surface area contributed by atoms with Crippen molar-refractivity contribution in [3.63, 3.8) is 0 Å². The van der Waals surface area contributed by atoms with Crippen molar-refractivity contribution in [2.75, 3.05) is 16.8 Å². The molecule has 5 rings (SSSR count). The lowest BCUT2D eigenvalue weighted by Gasteiger charge is -2.29. The predicted molar refractivity (Wildman–Crippen MR) is 142 cm³/mol. The highest BCUT2D eigenvalue weighted by molar-refractivity contribution is 5.90. The first-order valence-electron chi connectivity index (χ1n) is 13.4. The number of rotatable bonds is 1. The van der Waals surface area contributed by atoms with Crippen molar-refractivity contribution in [2.24, 2.45) is 0 Å². The standard InChI is InChI=1S/C28H26F7N5O4/c1-25(2,3)44-24(41)36-19-13-17(27(30,31)32)21-37-20(19)22-38-39-23(43-22)26(42,28(33,34)35)16-12-14(9-10-18(16)29)6-4-7-15-8-5-11-40(15)21/h4,6,9-10,12-13,15,42H,5,7-8,11H2,1-3H3,(H,36,41)/b6-4-/t15-,26-/m1/s1. The summed E-state index contributed by atoms with van der Waals surface area (Å²) in [6.45, 7) is 4.67. The van der Waals surface area contributed by atoms with Gasteiger partial charge in [0, 0.05) is 18.2 Å². The van der Waals surface area contributed by atoms with Crippen molar-refractivity contribution >= 4 is 23.7 Å². The van der Waals surface area contributed by atoms with Gasteiger partial charge < -0.3 is 19.2 Å². The molecule has 236 valence electrons. The summed E-state index contributed by atoms with van der Waals surface area (Å²) < 4.78 is 112. The Morgan fingerprint density at radius 3 is 2.52 bits per heavy atom. The van der Waals surface area contributed by atoms with E-state index in [1.807, 2.05) is 0 Å². The van der Waals surface area contributed by atoms with Crippen LogP contribution in [0.4, 0.5) is 47.0 Å². The summed E-state index contributed by atoms with van der Waals surface area (Å²) in [7, 11) is 0. The lowest BCUT2D eigenvalue weighted by molar-refractivity contribution is -0.256. The minimum absolute atomic E-state index is 0.0711. The van der Waals surface area contributed by atoms with E-state index in [0.29, 0.717) is 18.9 Å². The van der Waals surface area contributed by atoms with Gasteiger partial charge >= 0.3 is 18.4 Å². The van der Waals surface area contributed by atoms with E-state index in [0.717, 1.165) is 12.1 Å². The largest absolute Gasteiger partial charge is 0.444 e. The van der Waals surface area contributed by atoms with Crippen molar-refractivity contribution in [1.82, 2.24) is 15.2 Å². The number of fused-ring (bicyclic) bond motifs is 9. The number of alkyl halides is 6. The molecule has 3 aromatic rings. The van der Waals surface area contributed by atoms with Gasteiger partial charge in [0.15, 0.2) is 5.69 Å². The number of aromatic nitrogens is 3. The fraction of sp³-hybridized carbons (Fsp3) is 0.429. The van der Waals surface area contributed by atoms with Crippen molar-refractivity contribution < 1.29 is 49.8 Å². The van der Waals surface area contributed by atoms with Gasteiger partial charge in [-0.2, -0.15) is 26.3 Å². The van der Waals surface area contributed by atoms with Crippen LogP contribution < -0.4 is 10.2 Å². The first kappa shape index (κ1) is 31.2. The number of hydrogen-bond acceptors (Lipinski definition) is 8. The lowest BCUT2D eigenvalue weighted by Crippen LogP contribution is -2.44. The van der Waals surface area contributed by atoms with Crippen LogP contribution in [-0.4, -0.2) is 50.7 Å². The van der Waals surface area contributed by atoms with Crippen LogP contribution >= 0.6 is 0 Å². The van der Waals surface area contributed by atoms with Crippen molar-refractivity contribution in [2.45, 2.75) is 69.6 Å². The second kappa shape index (κ2) is 10.7. The van der Waals surface area contributed by atoms with Gasteiger partial charge in [-0.1, -0.05) is 18.2 Å². The molecule has 2 N–H and O–H groups in total. The van der Waals surface area contributed by atoms with Crippen LogP contribution in [-0.2, 0) is 16.5 Å². The smallest absolute Gasteiger partial charge is 0.430 e. The zero-order chi connectivity index (χ0) is 32.2. The maximum Gasteiger partial charge on any atom is 0.430 e. The van der Waals surface area contributed by atoms with Crippen LogP contribution in [0.15, 0.2) is 34.8 Å². The molecule has 1 saturated heterocycles. The number of anilines is 2. The monoisotopic (exact) mass is 629 g/mol. The number of carbonyl (C=O) groups excluding carboxylic acids is 1. The van der Waals surface area contributed by atoms with Crippen LogP contribution in [0.3, 0.4) is 0 Å². The van der Waals surface area contributed by atoms with E-state index in [1.54, 1.807) is 0 Å². The minimum atomic E-state index is -5.60. The normalized spacial score (nSPS) is 21.2. The van der Waals surface area contributed by atoms with Gasteiger partial charge in [0.2, 0.25) is 0 Å². The predicted octanol–water partition coefficient (Wildman–Crippen LogP) is 6.82. The second-order valence-electron chi connectivity index (χ2n) is 11.4. The third-order valence-electron chi connectivity index (χ3n) is 7.04. The molecule has 4 heterocycles. The molecule has 2 aromatic heterocycles. The molecule has 2 atom stereocenters. The number of nitrogens with zero attached hydrogens (tertiary/aromatic N) is 4. The number of nitrogens with one attached hydrogen (secondary N) is 1. The summed E-state index contributed by atoms with van der Waals surface area (Å²) in [6, 6.07) is 2.72. The molecule has 1 fully saturated rings. The molecule has 0 spiro atoms. The van der Waals surface area contributed by atoms with E-state index < -0.39 is 81.6 Å². The van der Waals surface area contributed by atoms with Crippen molar-refractivity contribution in [1.29, 1.82) is 0 Å². The van der Waals surface area contributed by atoms with Crippen molar-refractivity contribution in [3.8, 4) is 11.6 Å². The molecule has 2 aliphatic heterocycles.